The van der Waals surface area contributed by atoms with Crippen molar-refractivity contribution in [1.82, 2.24) is 10.2 Å². The van der Waals surface area contributed by atoms with Crippen LogP contribution in [0.2, 0.25) is 0 Å². The number of carbonyl (C=O) groups excluding carboxylic acids is 4. The number of ether oxygens (including phenoxy) is 1. The highest BCUT2D eigenvalue weighted by molar-refractivity contribution is 6.05. The van der Waals surface area contributed by atoms with E-state index in [1.807, 2.05) is 13.8 Å². The van der Waals surface area contributed by atoms with Crippen LogP contribution in [0.5, 0.6) is 0 Å². The maximum Gasteiger partial charge on any atom is 0.308 e. The minimum atomic E-state index is -0.584. The Labute approximate surface area is 135 Å². The van der Waals surface area contributed by atoms with Crippen LogP contribution in [0.3, 0.4) is 0 Å². The second-order valence-electron chi connectivity index (χ2n) is 6.46. The predicted molar refractivity (Wildman–Crippen MR) is 81.0 cm³/mol. The summed E-state index contributed by atoms with van der Waals surface area (Å²) in [7, 11) is 0. The van der Waals surface area contributed by atoms with Crippen molar-refractivity contribution < 1.29 is 23.9 Å². The molecule has 0 unspecified atom stereocenters. The first-order valence-corrected chi connectivity index (χ1v) is 8.20. The molecule has 0 bridgehead atoms. The summed E-state index contributed by atoms with van der Waals surface area (Å²) >= 11 is 0. The van der Waals surface area contributed by atoms with Gasteiger partial charge in [0, 0.05) is 12.6 Å². The fourth-order valence-corrected chi connectivity index (χ4v) is 3.24. The number of nitrogens with zero attached hydrogens (tertiary/aromatic N) is 1. The first-order valence-electron chi connectivity index (χ1n) is 8.20. The average molecular weight is 324 g/mol. The molecule has 0 spiro atoms. The molecule has 1 aliphatic heterocycles. The lowest BCUT2D eigenvalue weighted by atomic mass is 9.81. The number of fused-ring (bicyclic) bond motifs is 1. The fourth-order valence-electron chi connectivity index (χ4n) is 3.24. The van der Waals surface area contributed by atoms with Crippen LogP contribution >= 0.6 is 0 Å². The Balaban J connectivity index is 1.77. The van der Waals surface area contributed by atoms with E-state index in [-0.39, 0.29) is 55.2 Å². The third-order valence-electron chi connectivity index (χ3n) is 4.29. The second kappa shape index (κ2) is 7.57. The van der Waals surface area contributed by atoms with Crippen LogP contribution in [0.4, 0.5) is 0 Å². The van der Waals surface area contributed by atoms with Crippen molar-refractivity contribution >= 4 is 23.7 Å². The number of likely N-dealkylation sites (tertiary alicyclic amines) is 1. The number of nitrogens with one attached hydrogen (secondary N) is 1. The van der Waals surface area contributed by atoms with Crippen molar-refractivity contribution in [3.63, 3.8) is 0 Å². The molecule has 3 amide bonds. The van der Waals surface area contributed by atoms with Gasteiger partial charge < -0.3 is 10.1 Å². The lowest BCUT2D eigenvalue weighted by Crippen LogP contribution is -2.35. The molecule has 1 saturated heterocycles. The van der Waals surface area contributed by atoms with Crippen molar-refractivity contribution in [1.29, 1.82) is 0 Å². The SMILES string of the molecule is CC(C)NC(=O)COC(=O)CCN1C(=O)[C@@H]2CCCC[C@H]2C1=O. The van der Waals surface area contributed by atoms with Crippen LogP contribution in [0.15, 0.2) is 0 Å². The number of imide groups is 1. The molecule has 1 saturated carbocycles. The summed E-state index contributed by atoms with van der Waals surface area (Å²) in [6.45, 7) is 3.31. The molecule has 1 heterocycles. The van der Waals surface area contributed by atoms with Crippen molar-refractivity contribution in [2.75, 3.05) is 13.2 Å². The molecule has 128 valence electrons. The minimum Gasteiger partial charge on any atom is -0.456 e. The Morgan fingerprint density at radius 2 is 1.74 bits per heavy atom. The quantitative estimate of drug-likeness (QED) is 0.571. The molecule has 2 atom stereocenters. The molecule has 2 rings (SSSR count). The molecule has 7 nitrogen and oxygen atoms in total. The molecule has 0 radical (unpaired) electrons. The lowest BCUT2D eigenvalue weighted by Gasteiger charge is -2.19. The lowest BCUT2D eigenvalue weighted by molar-refractivity contribution is -0.150. The van der Waals surface area contributed by atoms with E-state index in [1.165, 1.54) is 4.90 Å². The van der Waals surface area contributed by atoms with Crippen LogP contribution in [-0.4, -0.2) is 47.8 Å². The van der Waals surface area contributed by atoms with Gasteiger partial charge in [-0.15, -0.1) is 0 Å². The minimum absolute atomic E-state index is 0.0237. The van der Waals surface area contributed by atoms with Crippen LogP contribution in [0.1, 0.15) is 46.0 Å². The first kappa shape index (κ1) is 17.4. The van der Waals surface area contributed by atoms with E-state index < -0.39 is 5.97 Å². The van der Waals surface area contributed by atoms with E-state index in [0.717, 1.165) is 25.7 Å². The van der Waals surface area contributed by atoms with Crippen LogP contribution in [-0.2, 0) is 23.9 Å². The zero-order valence-electron chi connectivity index (χ0n) is 13.7. The smallest absolute Gasteiger partial charge is 0.308 e. The monoisotopic (exact) mass is 324 g/mol. The number of carbonyl (C=O) groups is 4. The summed E-state index contributed by atoms with van der Waals surface area (Å²) in [5.74, 6) is -1.68. The van der Waals surface area contributed by atoms with E-state index in [1.54, 1.807) is 0 Å². The van der Waals surface area contributed by atoms with Gasteiger partial charge in [0.05, 0.1) is 18.3 Å². The maximum atomic E-state index is 12.2. The van der Waals surface area contributed by atoms with Crippen molar-refractivity contribution in [2.45, 2.75) is 52.0 Å². The maximum absolute atomic E-state index is 12.2. The van der Waals surface area contributed by atoms with Crippen LogP contribution < -0.4 is 5.32 Å². The molecular formula is C16H24N2O5. The zero-order chi connectivity index (χ0) is 17.0. The largest absolute Gasteiger partial charge is 0.456 e. The fraction of sp³-hybridized carbons (Fsp3) is 0.750. The first-order chi connectivity index (χ1) is 10.9. The molecular weight excluding hydrogens is 300 g/mol. The Bertz CT molecular complexity index is 479. The van der Waals surface area contributed by atoms with Gasteiger partial charge in [0.1, 0.15) is 0 Å². The molecule has 1 aliphatic carbocycles. The zero-order valence-corrected chi connectivity index (χ0v) is 13.7. The standard InChI is InChI=1S/C16H24N2O5/c1-10(2)17-13(19)9-23-14(20)7-8-18-15(21)11-5-3-4-6-12(11)16(18)22/h10-12H,3-9H2,1-2H3,(H,17,19)/t11-,12-/m1/s1. The normalized spacial score (nSPS) is 23.9. The third-order valence-corrected chi connectivity index (χ3v) is 4.29. The van der Waals surface area contributed by atoms with E-state index in [4.69, 9.17) is 4.74 Å². The molecule has 0 aromatic heterocycles. The highest BCUT2D eigenvalue weighted by Gasteiger charge is 2.47. The Morgan fingerprint density at radius 3 is 2.26 bits per heavy atom. The molecule has 2 aliphatic rings. The molecule has 0 aromatic rings. The van der Waals surface area contributed by atoms with Gasteiger partial charge in [0.25, 0.3) is 5.91 Å². The highest BCUT2D eigenvalue weighted by Crippen LogP contribution is 2.37. The van der Waals surface area contributed by atoms with Gasteiger partial charge in [-0.05, 0) is 26.7 Å². The van der Waals surface area contributed by atoms with Crippen LogP contribution in [0, 0.1) is 11.8 Å². The van der Waals surface area contributed by atoms with Crippen LogP contribution in [0.25, 0.3) is 0 Å². The Hall–Kier alpha value is -1.92. The number of hydrogen-bond acceptors (Lipinski definition) is 5. The highest BCUT2D eigenvalue weighted by atomic mass is 16.5. The van der Waals surface area contributed by atoms with Crippen molar-refractivity contribution in [3.8, 4) is 0 Å². The topological polar surface area (TPSA) is 92.8 Å². The second-order valence-corrected chi connectivity index (χ2v) is 6.46. The number of esters is 1. The van der Waals surface area contributed by atoms with E-state index >= 15 is 0 Å². The van der Waals surface area contributed by atoms with E-state index in [9.17, 15) is 19.2 Å². The predicted octanol–water partition coefficient (Wildman–Crippen LogP) is 0.619. The Kier molecular flexibility index (Phi) is 5.74. The Morgan fingerprint density at radius 1 is 1.17 bits per heavy atom. The average Bonchev–Trinajstić information content (AvgIpc) is 2.75. The molecule has 1 N–H and O–H groups in total. The summed E-state index contributed by atoms with van der Waals surface area (Å²) in [6, 6.07) is -0.0237. The summed E-state index contributed by atoms with van der Waals surface area (Å²) in [5, 5.41) is 2.61. The van der Waals surface area contributed by atoms with Gasteiger partial charge in [0.15, 0.2) is 6.61 Å². The summed E-state index contributed by atoms with van der Waals surface area (Å²) < 4.78 is 4.85. The summed E-state index contributed by atoms with van der Waals surface area (Å²) in [6.07, 6.45) is 3.38. The molecule has 7 heteroatoms. The number of rotatable bonds is 6. The van der Waals surface area contributed by atoms with Gasteiger partial charge >= 0.3 is 5.97 Å². The molecule has 2 fully saturated rings. The molecule has 23 heavy (non-hydrogen) atoms. The van der Waals surface area contributed by atoms with Crippen molar-refractivity contribution in [2.24, 2.45) is 11.8 Å². The van der Waals surface area contributed by atoms with E-state index in [2.05, 4.69) is 5.32 Å². The van der Waals surface area contributed by atoms with Gasteiger partial charge in [0.2, 0.25) is 11.8 Å². The third kappa shape index (κ3) is 4.30. The van der Waals surface area contributed by atoms with Gasteiger partial charge in [-0.1, -0.05) is 12.8 Å². The van der Waals surface area contributed by atoms with Gasteiger partial charge in [-0.25, -0.2) is 0 Å². The van der Waals surface area contributed by atoms with E-state index in [0.29, 0.717) is 0 Å². The summed E-state index contributed by atoms with van der Waals surface area (Å²) in [5.41, 5.74) is 0. The molecule has 0 aromatic carbocycles. The van der Waals surface area contributed by atoms with Gasteiger partial charge in [-0.2, -0.15) is 0 Å². The summed E-state index contributed by atoms with van der Waals surface area (Å²) in [4.78, 5) is 48.7. The number of amides is 3. The van der Waals surface area contributed by atoms with Crippen molar-refractivity contribution in [3.05, 3.63) is 0 Å². The number of hydrogen-bond donors (Lipinski definition) is 1. The van der Waals surface area contributed by atoms with Gasteiger partial charge in [-0.3, -0.25) is 24.1 Å².